The van der Waals surface area contributed by atoms with Gasteiger partial charge in [0.1, 0.15) is 23.4 Å². The first-order valence-electron chi connectivity index (χ1n) is 9.92. The largest absolute Gasteiger partial charge is 0.350 e. The van der Waals surface area contributed by atoms with Gasteiger partial charge in [0, 0.05) is 38.0 Å². The Balaban J connectivity index is 1.40. The molecule has 3 heterocycles. The van der Waals surface area contributed by atoms with Crippen LogP contribution in [0.1, 0.15) is 23.7 Å². The van der Waals surface area contributed by atoms with Crippen LogP contribution in [0.4, 0.5) is 26.2 Å². The van der Waals surface area contributed by atoms with Crippen LogP contribution in [0, 0.1) is 18.6 Å². The maximum absolute atomic E-state index is 13.3. The van der Waals surface area contributed by atoms with E-state index in [1.54, 1.807) is 10.9 Å². The van der Waals surface area contributed by atoms with Gasteiger partial charge in [-0.1, -0.05) is 0 Å². The highest BCUT2D eigenvalue weighted by Gasteiger charge is 2.30. The van der Waals surface area contributed by atoms with Crippen LogP contribution in [0.25, 0.3) is 0 Å². The molecule has 1 aliphatic heterocycles. The fourth-order valence-electron chi connectivity index (χ4n) is 3.43. The minimum Gasteiger partial charge on any atom is -0.350 e. The van der Waals surface area contributed by atoms with E-state index in [9.17, 15) is 13.6 Å². The minimum atomic E-state index is -0.583. The summed E-state index contributed by atoms with van der Waals surface area (Å²) in [5.74, 6) is -0.133. The first-order valence-corrected chi connectivity index (χ1v) is 9.92. The molecule has 4 rings (SSSR count). The van der Waals surface area contributed by atoms with Gasteiger partial charge in [-0.2, -0.15) is 10.1 Å². The Labute approximate surface area is 178 Å². The van der Waals surface area contributed by atoms with Crippen molar-refractivity contribution in [3.8, 4) is 0 Å². The lowest BCUT2D eigenvalue weighted by molar-refractivity contribution is -0.117. The van der Waals surface area contributed by atoms with Gasteiger partial charge in [-0.15, -0.1) is 0 Å². The second-order valence-corrected chi connectivity index (χ2v) is 7.60. The summed E-state index contributed by atoms with van der Waals surface area (Å²) in [4.78, 5) is 22.8. The van der Waals surface area contributed by atoms with E-state index in [-0.39, 0.29) is 11.9 Å². The van der Waals surface area contributed by atoms with Gasteiger partial charge < -0.3 is 15.5 Å². The molecule has 0 saturated heterocycles. The lowest BCUT2D eigenvalue weighted by atomic mass is 10.1. The predicted octanol–water partition coefficient (Wildman–Crippen LogP) is 2.89. The number of likely N-dealkylation sites (N-methyl/N-ethyl adjacent to an activating group) is 1. The Morgan fingerprint density at radius 1 is 1.16 bits per heavy atom. The predicted molar refractivity (Wildman–Crippen MR) is 113 cm³/mol. The molecule has 0 aliphatic carbocycles. The fraction of sp³-hybridized carbons (Fsp3) is 0.333. The Kier molecular flexibility index (Phi) is 5.53. The molecule has 1 aromatic carbocycles. The third-order valence-electron chi connectivity index (χ3n) is 5.30. The molecule has 0 bridgehead atoms. The van der Waals surface area contributed by atoms with Crippen LogP contribution in [-0.2, 0) is 24.3 Å². The van der Waals surface area contributed by atoms with Gasteiger partial charge in [0.2, 0.25) is 11.9 Å². The zero-order valence-corrected chi connectivity index (χ0v) is 17.5. The number of hydrogen-bond donors (Lipinski definition) is 2. The maximum atomic E-state index is 13.3. The van der Waals surface area contributed by atoms with E-state index in [1.807, 2.05) is 32.0 Å². The molecule has 0 saturated carbocycles. The molecule has 10 heteroatoms. The summed E-state index contributed by atoms with van der Waals surface area (Å²) < 4.78 is 28.3. The van der Waals surface area contributed by atoms with E-state index in [2.05, 4.69) is 25.7 Å². The first kappa shape index (κ1) is 20.7. The molecule has 0 fully saturated rings. The van der Waals surface area contributed by atoms with Gasteiger partial charge >= 0.3 is 0 Å². The van der Waals surface area contributed by atoms with Gasteiger partial charge in [0.15, 0.2) is 5.82 Å². The number of halogens is 2. The number of benzene rings is 1. The first-order chi connectivity index (χ1) is 14.8. The molecule has 0 unspecified atom stereocenters. The van der Waals surface area contributed by atoms with Crippen LogP contribution in [0.5, 0.6) is 0 Å². The van der Waals surface area contributed by atoms with Crippen molar-refractivity contribution in [2.45, 2.75) is 39.4 Å². The van der Waals surface area contributed by atoms with Crippen LogP contribution >= 0.6 is 0 Å². The average molecular weight is 427 g/mol. The molecule has 1 atom stereocenters. The Hall–Kier alpha value is -3.56. The van der Waals surface area contributed by atoms with Crippen molar-refractivity contribution in [1.82, 2.24) is 19.7 Å². The summed E-state index contributed by atoms with van der Waals surface area (Å²) in [6.45, 7) is 4.59. The number of hydrogen-bond acceptors (Lipinski definition) is 6. The molecule has 1 aliphatic rings. The van der Waals surface area contributed by atoms with Crippen LogP contribution in [0.3, 0.4) is 0 Å². The number of anilines is 3. The van der Waals surface area contributed by atoms with E-state index in [4.69, 9.17) is 0 Å². The van der Waals surface area contributed by atoms with Gasteiger partial charge in [0.05, 0.1) is 11.9 Å². The zero-order chi connectivity index (χ0) is 22.1. The molecular formula is C21H23F2N7O. The highest BCUT2D eigenvalue weighted by molar-refractivity contribution is 6.03. The van der Waals surface area contributed by atoms with E-state index < -0.39 is 11.6 Å². The van der Waals surface area contributed by atoms with E-state index in [1.165, 1.54) is 12.1 Å². The maximum Gasteiger partial charge on any atom is 0.246 e. The molecule has 31 heavy (non-hydrogen) atoms. The van der Waals surface area contributed by atoms with Crippen molar-refractivity contribution >= 4 is 23.4 Å². The molecule has 2 N–H and O–H groups in total. The highest BCUT2D eigenvalue weighted by atomic mass is 19.1. The topological polar surface area (TPSA) is 88.0 Å². The quantitative estimate of drug-likeness (QED) is 0.629. The monoisotopic (exact) mass is 427 g/mol. The second kappa shape index (κ2) is 8.29. The van der Waals surface area contributed by atoms with Gasteiger partial charge in [-0.3, -0.25) is 9.48 Å². The van der Waals surface area contributed by atoms with E-state index in [0.29, 0.717) is 48.2 Å². The van der Waals surface area contributed by atoms with Crippen molar-refractivity contribution in [2.75, 3.05) is 22.6 Å². The summed E-state index contributed by atoms with van der Waals surface area (Å²) in [7, 11) is 1.83. The lowest BCUT2D eigenvalue weighted by Crippen LogP contribution is -2.44. The summed E-state index contributed by atoms with van der Waals surface area (Å²) in [6.07, 6.45) is 4.05. The number of rotatable bonds is 6. The molecule has 162 valence electrons. The number of amides is 1. The Bertz CT molecular complexity index is 1110. The van der Waals surface area contributed by atoms with Crippen LogP contribution in [0.15, 0.2) is 30.6 Å². The van der Waals surface area contributed by atoms with Gasteiger partial charge in [-0.05, 0) is 38.0 Å². The smallest absolute Gasteiger partial charge is 0.246 e. The Morgan fingerprint density at radius 2 is 1.90 bits per heavy atom. The fourth-order valence-corrected chi connectivity index (χ4v) is 3.43. The van der Waals surface area contributed by atoms with Crippen LogP contribution < -0.4 is 15.5 Å². The highest BCUT2D eigenvalue weighted by Crippen LogP contribution is 2.32. The molecule has 0 radical (unpaired) electrons. The molecule has 8 nitrogen and oxygen atoms in total. The number of carbonyl (C=O) groups is 1. The standard InChI is InChI=1S/C21H23F2N7O/c1-12-18-19(29(3)13(2)20(31)27-18)28-21(26-12)24-9-15-10-25-30(11-15)5-4-14-6-16(22)8-17(23)7-14/h6-8,10-11,13H,4-5,9H2,1-3H3,(H,27,31)(H,24,26,28)/t13-/m0/s1. The van der Waals surface area contributed by atoms with Crippen LogP contribution in [0.2, 0.25) is 0 Å². The third-order valence-corrected chi connectivity index (χ3v) is 5.30. The second-order valence-electron chi connectivity index (χ2n) is 7.60. The summed E-state index contributed by atoms with van der Waals surface area (Å²) in [5.41, 5.74) is 2.80. The van der Waals surface area contributed by atoms with Crippen LogP contribution in [-0.4, -0.2) is 38.7 Å². The minimum absolute atomic E-state index is 0.0872. The third kappa shape index (κ3) is 4.47. The number of nitrogens with zero attached hydrogens (tertiary/aromatic N) is 5. The molecular weight excluding hydrogens is 404 g/mol. The van der Waals surface area contributed by atoms with Crippen molar-refractivity contribution in [3.05, 3.63) is 59.0 Å². The molecule has 0 spiro atoms. The van der Waals surface area contributed by atoms with Crippen molar-refractivity contribution < 1.29 is 13.6 Å². The van der Waals surface area contributed by atoms with E-state index in [0.717, 1.165) is 11.6 Å². The van der Waals surface area contributed by atoms with E-state index >= 15 is 0 Å². The summed E-state index contributed by atoms with van der Waals surface area (Å²) >= 11 is 0. The zero-order valence-electron chi connectivity index (χ0n) is 17.5. The number of carbonyl (C=O) groups excluding carboxylic acids is 1. The summed E-state index contributed by atoms with van der Waals surface area (Å²) in [5, 5.41) is 10.3. The number of aromatic nitrogens is 4. The SMILES string of the molecule is Cc1nc(NCc2cnn(CCc3cc(F)cc(F)c3)c2)nc2c1NC(=O)[C@H](C)N2C. The Morgan fingerprint density at radius 3 is 2.65 bits per heavy atom. The number of aryl methyl sites for hydroxylation is 3. The summed E-state index contributed by atoms with van der Waals surface area (Å²) in [6, 6.07) is 3.19. The van der Waals surface area contributed by atoms with Crippen molar-refractivity contribution in [2.24, 2.45) is 0 Å². The van der Waals surface area contributed by atoms with Crippen molar-refractivity contribution in [3.63, 3.8) is 0 Å². The number of fused-ring (bicyclic) bond motifs is 1. The van der Waals surface area contributed by atoms with Gasteiger partial charge in [0.25, 0.3) is 0 Å². The molecule has 2 aromatic heterocycles. The molecule has 3 aromatic rings. The van der Waals surface area contributed by atoms with Crippen molar-refractivity contribution in [1.29, 1.82) is 0 Å². The average Bonchev–Trinajstić information content (AvgIpc) is 3.17. The van der Waals surface area contributed by atoms with Gasteiger partial charge in [-0.25, -0.2) is 13.8 Å². The molecule has 1 amide bonds. The number of nitrogens with one attached hydrogen (secondary N) is 2. The normalized spacial score (nSPS) is 15.6. The lowest BCUT2D eigenvalue weighted by Gasteiger charge is -2.32.